The Morgan fingerprint density at radius 3 is 2.53 bits per heavy atom. The molecule has 19 heavy (non-hydrogen) atoms. The fourth-order valence-corrected chi connectivity index (χ4v) is 3.24. The number of halogens is 1. The SMILES string of the molecule is CCC(CC)CN(CC)CCNCc1ccc(Cl)s1. The van der Waals surface area contributed by atoms with Crippen molar-refractivity contribution in [3.63, 3.8) is 0 Å². The lowest BCUT2D eigenvalue weighted by molar-refractivity contribution is 0.234. The number of nitrogens with one attached hydrogen (secondary N) is 1. The molecule has 1 N–H and O–H groups in total. The Labute approximate surface area is 127 Å². The lowest BCUT2D eigenvalue weighted by Gasteiger charge is -2.25. The van der Waals surface area contributed by atoms with Gasteiger partial charge in [0.25, 0.3) is 0 Å². The molecule has 0 spiro atoms. The van der Waals surface area contributed by atoms with Gasteiger partial charge in [0.2, 0.25) is 0 Å². The number of nitrogens with zero attached hydrogens (tertiary/aromatic N) is 1. The summed E-state index contributed by atoms with van der Waals surface area (Å²) in [5, 5.41) is 3.50. The highest BCUT2D eigenvalue weighted by atomic mass is 35.5. The van der Waals surface area contributed by atoms with E-state index in [4.69, 9.17) is 11.6 Å². The van der Waals surface area contributed by atoms with Gasteiger partial charge >= 0.3 is 0 Å². The van der Waals surface area contributed by atoms with Gasteiger partial charge in [0.1, 0.15) is 0 Å². The minimum atomic E-state index is 0.844. The monoisotopic (exact) mass is 302 g/mol. The molecule has 0 amide bonds. The Kier molecular flexibility index (Phi) is 8.71. The van der Waals surface area contributed by atoms with Gasteiger partial charge in [-0.05, 0) is 24.6 Å². The number of rotatable bonds is 10. The summed E-state index contributed by atoms with van der Waals surface area (Å²) >= 11 is 7.58. The van der Waals surface area contributed by atoms with E-state index in [1.807, 2.05) is 6.07 Å². The second kappa shape index (κ2) is 9.76. The molecule has 0 aliphatic heterocycles. The molecule has 1 aromatic rings. The summed E-state index contributed by atoms with van der Waals surface area (Å²) in [6.45, 7) is 12.3. The average molecular weight is 303 g/mol. The van der Waals surface area contributed by atoms with Gasteiger partial charge in [-0.3, -0.25) is 0 Å². The summed E-state index contributed by atoms with van der Waals surface area (Å²) in [5.41, 5.74) is 0. The van der Waals surface area contributed by atoms with Crippen molar-refractivity contribution in [3.8, 4) is 0 Å². The van der Waals surface area contributed by atoms with Crippen molar-refractivity contribution in [1.29, 1.82) is 0 Å². The van der Waals surface area contributed by atoms with Crippen LogP contribution in [0.15, 0.2) is 12.1 Å². The first kappa shape index (κ1) is 17.0. The van der Waals surface area contributed by atoms with E-state index in [1.54, 1.807) is 11.3 Å². The van der Waals surface area contributed by atoms with E-state index in [0.29, 0.717) is 0 Å². The molecular formula is C15H27ClN2S. The molecule has 0 atom stereocenters. The fraction of sp³-hybridized carbons (Fsp3) is 0.733. The van der Waals surface area contributed by atoms with E-state index in [1.165, 1.54) is 24.3 Å². The Bertz CT molecular complexity index is 337. The van der Waals surface area contributed by atoms with E-state index in [-0.39, 0.29) is 0 Å². The first-order valence-electron chi connectivity index (χ1n) is 7.36. The first-order valence-corrected chi connectivity index (χ1v) is 8.56. The smallest absolute Gasteiger partial charge is 0.0931 e. The molecule has 0 aliphatic carbocycles. The molecule has 1 heterocycles. The van der Waals surface area contributed by atoms with Gasteiger partial charge in [-0.1, -0.05) is 45.2 Å². The lowest BCUT2D eigenvalue weighted by atomic mass is 10.0. The zero-order chi connectivity index (χ0) is 14.1. The highest BCUT2D eigenvalue weighted by molar-refractivity contribution is 7.16. The molecular weight excluding hydrogens is 276 g/mol. The van der Waals surface area contributed by atoms with Crippen LogP contribution in [0, 0.1) is 5.92 Å². The third-order valence-corrected chi connectivity index (χ3v) is 4.88. The quantitative estimate of drug-likeness (QED) is 0.650. The highest BCUT2D eigenvalue weighted by Crippen LogP contribution is 2.20. The minimum absolute atomic E-state index is 0.844. The zero-order valence-electron chi connectivity index (χ0n) is 12.4. The van der Waals surface area contributed by atoms with Crippen molar-refractivity contribution in [2.75, 3.05) is 26.2 Å². The number of hydrogen-bond acceptors (Lipinski definition) is 3. The largest absolute Gasteiger partial charge is 0.311 e. The van der Waals surface area contributed by atoms with Gasteiger partial charge < -0.3 is 10.2 Å². The highest BCUT2D eigenvalue weighted by Gasteiger charge is 2.09. The Morgan fingerprint density at radius 1 is 1.26 bits per heavy atom. The van der Waals surface area contributed by atoms with Crippen LogP contribution < -0.4 is 5.32 Å². The first-order chi connectivity index (χ1) is 9.19. The van der Waals surface area contributed by atoms with E-state index in [0.717, 1.165) is 36.4 Å². The summed E-state index contributed by atoms with van der Waals surface area (Å²) in [6, 6.07) is 4.07. The molecule has 0 saturated heterocycles. The van der Waals surface area contributed by atoms with Crippen LogP contribution in [0.25, 0.3) is 0 Å². The molecule has 0 bridgehead atoms. The van der Waals surface area contributed by atoms with Crippen LogP contribution in [-0.2, 0) is 6.54 Å². The zero-order valence-corrected chi connectivity index (χ0v) is 14.0. The van der Waals surface area contributed by atoms with Crippen molar-refractivity contribution in [1.82, 2.24) is 10.2 Å². The van der Waals surface area contributed by atoms with E-state index in [2.05, 4.69) is 37.1 Å². The summed E-state index contributed by atoms with van der Waals surface area (Å²) in [4.78, 5) is 3.86. The van der Waals surface area contributed by atoms with Gasteiger partial charge in [0, 0.05) is 31.1 Å². The number of hydrogen-bond donors (Lipinski definition) is 1. The number of likely N-dealkylation sites (N-methyl/N-ethyl adjacent to an activating group) is 1. The summed E-state index contributed by atoms with van der Waals surface area (Å²) in [6.07, 6.45) is 2.57. The van der Waals surface area contributed by atoms with Crippen LogP contribution in [0.5, 0.6) is 0 Å². The molecule has 0 radical (unpaired) electrons. The number of thiophene rings is 1. The molecule has 1 rings (SSSR count). The maximum absolute atomic E-state index is 5.92. The van der Waals surface area contributed by atoms with Crippen LogP contribution in [0.2, 0.25) is 4.34 Å². The van der Waals surface area contributed by atoms with Gasteiger partial charge in [-0.15, -0.1) is 11.3 Å². The Balaban J connectivity index is 2.18. The lowest BCUT2D eigenvalue weighted by Crippen LogP contribution is -2.35. The average Bonchev–Trinajstić information content (AvgIpc) is 2.84. The van der Waals surface area contributed by atoms with Crippen molar-refractivity contribution in [2.24, 2.45) is 5.92 Å². The molecule has 1 aromatic heterocycles. The molecule has 0 saturated carbocycles. The van der Waals surface area contributed by atoms with Gasteiger partial charge in [0.15, 0.2) is 0 Å². The fourth-order valence-electron chi connectivity index (χ4n) is 2.19. The maximum Gasteiger partial charge on any atom is 0.0931 e. The van der Waals surface area contributed by atoms with Crippen LogP contribution in [0.1, 0.15) is 38.5 Å². The van der Waals surface area contributed by atoms with Crippen LogP contribution in [0.3, 0.4) is 0 Å². The van der Waals surface area contributed by atoms with Crippen molar-refractivity contribution in [2.45, 2.75) is 40.2 Å². The third kappa shape index (κ3) is 6.75. The predicted molar refractivity (Wildman–Crippen MR) is 87.2 cm³/mol. The Morgan fingerprint density at radius 2 is 2.00 bits per heavy atom. The van der Waals surface area contributed by atoms with E-state index in [9.17, 15) is 0 Å². The normalized spacial score (nSPS) is 11.7. The molecule has 0 aliphatic rings. The topological polar surface area (TPSA) is 15.3 Å². The van der Waals surface area contributed by atoms with Crippen LogP contribution in [0.4, 0.5) is 0 Å². The summed E-state index contributed by atoms with van der Waals surface area (Å²) in [5.74, 6) is 0.844. The van der Waals surface area contributed by atoms with Crippen LogP contribution in [-0.4, -0.2) is 31.1 Å². The molecule has 0 fully saturated rings. The molecule has 2 nitrogen and oxygen atoms in total. The van der Waals surface area contributed by atoms with Crippen LogP contribution >= 0.6 is 22.9 Å². The van der Waals surface area contributed by atoms with Gasteiger partial charge in [-0.25, -0.2) is 0 Å². The van der Waals surface area contributed by atoms with E-state index < -0.39 is 0 Å². The molecule has 4 heteroatoms. The minimum Gasteiger partial charge on any atom is -0.311 e. The van der Waals surface area contributed by atoms with E-state index >= 15 is 0 Å². The standard InChI is InChI=1S/C15H27ClN2S/c1-4-13(5-2)12-18(6-3)10-9-17-11-14-7-8-15(16)19-14/h7-8,13,17H,4-6,9-12H2,1-3H3. The van der Waals surface area contributed by atoms with Gasteiger partial charge in [-0.2, -0.15) is 0 Å². The second-order valence-corrected chi connectivity index (χ2v) is 6.76. The van der Waals surface area contributed by atoms with Gasteiger partial charge in [0.05, 0.1) is 4.34 Å². The maximum atomic E-state index is 5.92. The summed E-state index contributed by atoms with van der Waals surface area (Å²) < 4.78 is 0.876. The third-order valence-electron chi connectivity index (χ3n) is 3.65. The van der Waals surface area contributed by atoms with Crippen molar-refractivity contribution in [3.05, 3.63) is 21.3 Å². The Hall–Kier alpha value is -0.0900. The predicted octanol–water partition coefficient (Wildman–Crippen LogP) is 4.25. The molecule has 0 unspecified atom stereocenters. The summed E-state index contributed by atoms with van der Waals surface area (Å²) in [7, 11) is 0. The van der Waals surface area contributed by atoms with Crippen molar-refractivity contribution < 1.29 is 0 Å². The van der Waals surface area contributed by atoms with Crippen molar-refractivity contribution >= 4 is 22.9 Å². The molecule has 110 valence electrons. The molecule has 0 aromatic carbocycles. The second-order valence-electron chi connectivity index (χ2n) is 4.96.